The first-order chi connectivity index (χ1) is 11.6. The van der Waals surface area contributed by atoms with Gasteiger partial charge in [-0.25, -0.2) is 9.59 Å². The summed E-state index contributed by atoms with van der Waals surface area (Å²) in [4.78, 5) is 23.6. The van der Waals surface area contributed by atoms with Crippen molar-refractivity contribution < 1.29 is 14.3 Å². The van der Waals surface area contributed by atoms with E-state index in [2.05, 4.69) is 28.1 Å². The molecule has 0 fully saturated rings. The summed E-state index contributed by atoms with van der Waals surface area (Å²) in [5.74, 6) is 0.499. The standard InChI is InChI=1S/C18H25N3O3/c1-3-24-18(23)21-16-11-7-10-15(13(16)2)20-17(22)19-12-14-8-5-4-6-9-14/h4-5,7,10-11,14H,3,6,8-9,12H2,1-2H3,(H,21,23)(H2,19,20,22). The average molecular weight is 331 g/mol. The van der Waals surface area contributed by atoms with Crippen molar-refractivity contribution in [3.63, 3.8) is 0 Å². The number of amides is 3. The fourth-order valence-electron chi connectivity index (χ4n) is 2.63. The molecule has 1 aliphatic carbocycles. The quantitative estimate of drug-likeness (QED) is 0.712. The van der Waals surface area contributed by atoms with Gasteiger partial charge in [-0.3, -0.25) is 5.32 Å². The summed E-state index contributed by atoms with van der Waals surface area (Å²) in [5, 5.41) is 8.42. The summed E-state index contributed by atoms with van der Waals surface area (Å²) >= 11 is 0. The molecule has 1 atom stereocenters. The second-order valence-electron chi connectivity index (χ2n) is 5.81. The minimum Gasteiger partial charge on any atom is -0.450 e. The van der Waals surface area contributed by atoms with E-state index in [9.17, 15) is 9.59 Å². The Labute approximate surface area is 142 Å². The zero-order valence-electron chi connectivity index (χ0n) is 14.2. The number of benzene rings is 1. The van der Waals surface area contributed by atoms with Gasteiger partial charge in [0.25, 0.3) is 0 Å². The largest absolute Gasteiger partial charge is 0.450 e. The molecule has 3 N–H and O–H groups in total. The van der Waals surface area contributed by atoms with Gasteiger partial charge in [-0.1, -0.05) is 18.2 Å². The number of nitrogens with one attached hydrogen (secondary N) is 3. The molecule has 0 aliphatic heterocycles. The predicted octanol–water partition coefficient (Wildman–Crippen LogP) is 4.04. The molecule has 1 aromatic carbocycles. The Kier molecular flexibility index (Phi) is 6.66. The van der Waals surface area contributed by atoms with E-state index < -0.39 is 6.09 Å². The van der Waals surface area contributed by atoms with E-state index in [-0.39, 0.29) is 6.03 Å². The maximum atomic E-state index is 12.1. The van der Waals surface area contributed by atoms with Crippen molar-refractivity contribution in [1.29, 1.82) is 0 Å². The van der Waals surface area contributed by atoms with Crippen LogP contribution < -0.4 is 16.0 Å². The minimum absolute atomic E-state index is 0.235. The molecule has 130 valence electrons. The lowest BCUT2D eigenvalue weighted by molar-refractivity contribution is 0.168. The van der Waals surface area contributed by atoms with Crippen LogP contribution in [0.4, 0.5) is 21.0 Å². The van der Waals surface area contributed by atoms with Gasteiger partial charge in [0.05, 0.1) is 6.61 Å². The number of carbonyl (C=O) groups is 2. The highest BCUT2D eigenvalue weighted by Crippen LogP contribution is 2.23. The number of urea groups is 1. The Morgan fingerprint density at radius 3 is 2.62 bits per heavy atom. The van der Waals surface area contributed by atoms with Crippen molar-refractivity contribution in [1.82, 2.24) is 5.32 Å². The van der Waals surface area contributed by atoms with Gasteiger partial charge in [-0.2, -0.15) is 0 Å². The Bertz CT molecular complexity index is 614. The summed E-state index contributed by atoms with van der Waals surface area (Å²) in [5.41, 5.74) is 2.05. The molecule has 1 aliphatic rings. The van der Waals surface area contributed by atoms with Crippen LogP contribution in [0, 0.1) is 12.8 Å². The van der Waals surface area contributed by atoms with E-state index in [4.69, 9.17) is 4.74 Å². The van der Waals surface area contributed by atoms with Gasteiger partial charge in [0, 0.05) is 17.9 Å². The molecule has 1 unspecified atom stereocenters. The van der Waals surface area contributed by atoms with E-state index in [1.165, 1.54) is 0 Å². The van der Waals surface area contributed by atoms with Crippen molar-refractivity contribution >= 4 is 23.5 Å². The number of hydrogen-bond acceptors (Lipinski definition) is 3. The summed E-state index contributed by atoms with van der Waals surface area (Å²) in [6.45, 7) is 4.55. The lowest BCUT2D eigenvalue weighted by atomic mass is 9.94. The van der Waals surface area contributed by atoms with Crippen molar-refractivity contribution in [3.8, 4) is 0 Å². The second-order valence-corrected chi connectivity index (χ2v) is 5.81. The summed E-state index contributed by atoms with van der Waals surface area (Å²) in [7, 11) is 0. The van der Waals surface area contributed by atoms with Crippen LogP contribution in [0.5, 0.6) is 0 Å². The molecular formula is C18H25N3O3. The topological polar surface area (TPSA) is 79.5 Å². The molecule has 1 aromatic rings. The molecule has 2 rings (SSSR count). The summed E-state index contributed by atoms with van der Waals surface area (Å²) < 4.78 is 4.87. The highest BCUT2D eigenvalue weighted by Gasteiger charge is 2.13. The molecule has 24 heavy (non-hydrogen) atoms. The predicted molar refractivity (Wildman–Crippen MR) is 95.3 cm³/mol. The van der Waals surface area contributed by atoms with Crippen LogP contribution in [0.3, 0.4) is 0 Å². The first kappa shape index (κ1) is 17.8. The van der Waals surface area contributed by atoms with Crippen LogP contribution in [0.2, 0.25) is 0 Å². The molecule has 0 heterocycles. The van der Waals surface area contributed by atoms with Gasteiger partial charge >= 0.3 is 12.1 Å². The second kappa shape index (κ2) is 8.96. The third kappa shape index (κ3) is 5.30. The van der Waals surface area contributed by atoms with Crippen LogP contribution in [0.1, 0.15) is 31.7 Å². The molecule has 0 radical (unpaired) electrons. The Morgan fingerprint density at radius 1 is 1.21 bits per heavy atom. The van der Waals surface area contributed by atoms with E-state index in [1.807, 2.05) is 6.92 Å². The van der Waals surface area contributed by atoms with Gasteiger partial charge in [-0.05, 0) is 56.7 Å². The third-order valence-electron chi connectivity index (χ3n) is 4.02. The van der Waals surface area contributed by atoms with Gasteiger partial charge in [0.1, 0.15) is 0 Å². The Hall–Kier alpha value is -2.50. The zero-order valence-corrected chi connectivity index (χ0v) is 14.2. The van der Waals surface area contributed by atoms with Crippen LogP contribution in [0.25, 0.3) is 0 Å². The fraction of sp³-hybridized carbons (Fsp3) is 0.444. The number of rotatable bonds is 5. The number of hydrogen-bond donors (Lipinski definition) is 3. The summed E-state index contributed by atoms with van der Waals surface area (Å²) in [6.07, 6.45) is 7.04. The SMILES string of the molecule is CCOC(=O)Nc1cccc(NC(=O)NCC2CC=CCC2)c1C. The highest BCUT2D eigenvalue weighted by molar-refractivity contribution is 5.93. The van der Waals surface area contributed by atoms with Crippen LogP contribution in [-0.4, -0.2) is 25.3 Å². The van der Waals surface area contributed by atoms with Crippen molar-refractivity contribution in [2.24, 2.45) is 5.92 Å². The van der Waals surface area contributed by atoms with E-state index in [1.54, 1.807) is 25.1 Å². The Balaban J connectivity index is 1.90. The molecule has 6 heteroatoms. The molecule has 0 bridgehead atoms. The number of ether oxygens (including phenoxy) is 1. The Morgan fingerprint density at radius 2 is 1.96 bits per heavy atom. The van der Waals surface area contributed by atoms with Crippen LogP contribution in [-0.2, 0) is 4.74 Å². The van der Waals surface area contributed by atoms with Gasteiger partial charge in [0.15, 0.2) is 0 Å². The molecular weight excluding hydrogens is 306 g/mol. The molecule has 0 spiro atoms. The van der Waals surface area contributed by atoms with Crippen molar-refractivity contribution in [2.75, 3.05) is 23.8 Å². The van der Waals surface area contributed by atoms with Crippen molar-refractivity contribution in [3.05, 3.63) is 35.9 Å². The van der Waals surface area contributed by atoms with E-state index >= 15 is 0 Å². The summed E-state index contributed by atoms with van der Waals surface area (Å²) in [6, 6.07) is 5.11. The minimum atomic E-state index is -0.507. The maximum Gasteiger partial charge on any atom is 0.411 e. The third-order valence-corrected chi connectivity index (χ3v) is 4.02. The van der Waals surface area contributed by atoms with Crippen LogP contribution in [0.15, 0.2) is 30.4 Å². The first-order valence-electron chi connectivity index (χ1n) is 8.33. The van der Waals surface area contributed by atoms with Gasteiger partial charge < -0.3 is 15.4 Å². The maximum absolute atomic E-state index is 12.1. The number of anilines is 2. The van der Waals surface area contributed by atoms with Crippen molar-refractivity contribution in [2.45, 2.75) is 33.1 Å². The normalized spacial score (nSPS) is 16.3. The first-order valence-corrected chi connectivity index (χ1v) is 8.33. The van der Waals surface area contributed by atoms with E-state index in [0.717, 1.165) is 24.8 Å². The smallest absolute Gasteiger partial charge is 0.411 e. The fourth-order valence-corrected chi connectivity index (χ4v) is 2.63. The average Bonchev–Trinajstić information content (AvgIpc) is 2.58. The molecule has 6 nitrogen and oxygen atoms in total. The van der Waals surface area contributed by atoms with Gasteiger partial charge in [-0.15, -0.1) is 0 Å². The number of carbonyl (C=O) groups excluding carboxylic acids is 2. The molecule has 0 saturated carbocycles. The molecule has 0 aromatic heterocycles. The monoisotopic (exact) mass is 331 g/mol. The highest BCUT2D eigenvalue weighted by atomic mass is 16.5. The zero-order chi connectivity index (χ0) is 17.4. The number of allylic oxidation sites excluding steroid dienone is 2. The molecule has 0 saturated heterocycles. The lowest BCUT2D eigenvalue weighted by Gasteiger charge is -2.19. The van der Waals surface area contributed by atoms with E-state index in [0.29, 0.717) is 30.4 Å². The molecule has 3 amide bonds. The van der Waals surface area contributed by atoms with Gasteiger partial charge in [0.2, 0.25) is 0 Å². The van der Waals surface area contributed by atoms with Crippen LogP contribution >= 0.6 is 0 Å². The lowest BCUT2D eigenvalue weighted by Crippen LogP contribution is -2.33.